The first kappa shape index (κ1) is 21.8. The zero-order valence-corrected chi connectivity index (χ0v) is 18.0. The van der Waals surface area contributed by atoms with Gasteiger partial charge in [0.2, 0.25) is 5.91 Å². The number of benzene rings is 1. The number of anilines is 2. The van der Waals surface area contributed by atoms with Crippen LogP contribution in [0.1, 0.15) is 19.8 Å². The maximum atomic E-state index is 14.9. The third-order valence-electron chi connectivity index (χ3n) is 6.22. The van der Waals surface area contributed by atoms with Crippen molar-refractivity contribution in [3.05, 3.63) is 23.8 Å². The molecule has 0 spiro atoms. The van der Waals surface area contributed by atoms with Gasteiger partial charge in [0.1, 0.15) is 11.8 Å². The van der Waals surface area contributed by atoms with Gasteiger partial charge in [-0.1, -0.05) is 0 Å². The first-order valence-corrected chi connectivity index (χ1v) is 12.1. The molecule has 0 saturated carbocycles. The minimum Gasteiger partial charge on any atom is -0.442 e. The Balaban J connectivity index is 1.41. The first-order chi connectivity index (χ1) is 14.6. The van der Waals surface area contributed by atoms with E-state index in [-0.39, 0.29) is 53.7 Å². The summed E-state index contributed by atoms with van der Waals surface area (Å²) >= 11 is 0. The predicted octanol–water partition coefficient (Wildman–Crippen LogP) is 1.69. The van der Waals surface area contributed by atoms with Crippen LogP contribution in [0.3, 0.4) is 0 Å². The van der Waals surface area contributed by atoms with Gasteiger partial charge in [-0.2, -0.15) is 0 Å². The van der Waals surface area contributed by atoms with Crippen LogP contribution in [0.25, 0.3) is 0 Å². The van der Waals surface area contributed by atoms with Crippen LogP contribution >= 0.6 is 0 Å². The summed E-state index contributed by atoms with van der Waals surface area (Å²) in [7, 11) is -2.89. The van der Waals surface area contributed by atoms with Crippen LogP contribution in [0, 0.1) is 23.5 Å². The third kappa shape index (κ3) is 4.60. The lowest BCUT2D eigenvalue weighted by Crippen LogP contribution is -2.46. The van der Waals surface area contributed by atoms with Crippen LogP contribution in [-0.2, 0) is 19.4 Å². The minimum atomic E-state index is -2.89. The van der Waals surface area contributed by atoms with Gasteiger partial charge in [0.05, 0.1) is 30.3 Å². The SMILES string of the molecule is CC(=O)NCC1CN(c2cc(F)c(N3CCC(C4CS(=O)(=O)C4)CC3)c(F)c2)C(=O)O1. The second-order valence-corrected chi connectivity index (χ2v) is 10.6. The lowest BCUT2D eigenvalue weighted by Gasteiger charge is -2.40. The average Bonchev–Trinajstić information content (AvgIpc) is 3.05. The summed E-state index contributed by atoms with van der Waals surface area (Å²) in [5, 5.41) is 2.55. The fourth-order valence-electron chi connectivity index (χ4n) is 4.58. The molecular weight excluding hydrogens is 432 g/mol. The highest BCUT2D eigenvalue weighted by Crippen LogP contribution is 2.37. The van der Waals surface area contributed by atoms with E-state index in [0.29, 0.717) is 25.9 Å². The lowest BCUT2D eigenvalue weighted by molar-refractivity contribution is -0.119. The van der Waals surface area contributed by atoms with Crippen molar-refractivity contribution in [2.24, 2.45) is 11.8 Å². The normalized spacial score (nSPS) is 24.1. The minimum absolute atomic E-state index is 0.0589. The molecule has 0 aromatic heterocycles. The van der Waals surface area contributed by atoms with Crippen LogP contribution in [0.5, 0.6) is 0 Å². The molecule has 1 aromatic carbocycles. The zero-order valence-electron chi connectivity index (χ0n) is 17.1. The van der Waals surface area contributed by atoms with Crippen molar-refractivity contribution >= 4 is 33.2 Å². The van der Waals surface area contributed by atoms with Crippen LogP contribution in [0.15, 0.2) is 12.1 Å². The van der Waals surface area contributed by atoms with Gasteiger partial charge in [0.15, 0.2) is 21.5 Å². The van der Waals surface area contributed by atoms with Gasteiger partial charge in [-0.05, 0) is 24.7 Å². The maximum absolute atomic E-state index is 14.9. The number of amides is 2. The number of carbonyl (C=O) groups is 2. The number of hydrogen-bond acceptors (Lipinski definition) is 6. The topological polar surface area (TPSA) is 96.0 Å². The molecule has 11 heteroatoms. The molecule has 8 nitrogen and oxygen atoms in total. The molecule has 1 aromatic rings. The van der Waals surface area contributed by atoms with E-state index in [1.54, 1.807) is 4.90 Å². The standard InChI is InChI=1S/C20H25F2N3O5S/c1-12(26)23-8-16-9-25(20(27)30-16)15-6-17(21)19(18(22)7-15)24-4-2-13(3-5-24)14-10-31(28,29)11-14/h6-7,13-14,16H,2-5,8-11H2,1H3,(H,23,26). The highest BCUT2D eigenvalue weighted by atomic mass is 32.2. The highest BCUT2D eigenvalue weighted by Gasteiger charge is 2.40. The second-order valence-electron chi connectivity index (χ2n) is 8.47. The Labute approximate surface area is 179 Å². The van der Waals surface area contributed by atoms with Crippen molar-refractivity contribution in [3.63, 3.8) is 0 Å². The molecule has 1 atom stereocenters. The maximum Gasteiger partial charge on any atom is 0.414 e. The highest BCUT2D eigenvalue weighted by molar-refractivity contribution is 7.92. The van der Waals surface area contributed by atoms with Crippen LogP contribution in [0.2, 0.25) is 0 Å². The van der Waals surface area contributed by atoms with E-state index in [9.17, 15) is 26.8 Å². The molecule has 0 radical (unpaired) electrons. The molecule has 3 saturated heterocycles. The molecule has 3 aliphatic rings. The molecule has 2 amide bonds. The fraction of sp³-hybridized carbons (Fsp3) is 0.600. The largest absolute Gasteiger partial charge is 0.442 e. The molecule has 3 fully saturated rings. The molecule has 31 heavy (non-hydrogen) atoms. The summed E-state index contributed by atoms with van der Waals surface area (Å²) in [5.41, 5.74) is -0.0746. The van der Waals surface area contributed by atoms with E-state index in [1.807, 2.05) is 0 Å². The Morgan fingerprint density at radius 2 is 1.77 bits per heavy atom. The van der Waals surface area contributed by atoms with Gasteiger partial charge in [-0.3, -0.25) is 9.69 Å². The number of piperidine rings is 1. The van der Waals surface area contributed by atoms with Gasteiger partial charge in [-0.15, -0.1) is 0 Å². The van der Waals surface area contributed by atoms with Gasteiger partial charge in [0, 0.05) is 32.1 Å². The molecule has 3 aliphatic heterocycles. The number of carbonyl (C=O) groups excluding carboxylic acids is 2. The molecule has 170 valence electrons. The molecule has 1 unspecified atom stereocenters. The van der Waals surface area contributed by atoms with E-state index >= 15 is 0 Å². The molecular formula is C20H25F2N3O5S. The molecule has 1 N–H and O–H groups in total. The van der Waals surface area contributed by atoms with Crippen molar-refractivity contribution in [2.45, 2.75) is 25.9 Å². The quantitative estimate of drug-likeness (QED) is 0.723. The molecule has 0 bridgehead atoms. The average molecular weight is 457 g/mol. The Hall–Kier alpha value is -2.43. The van der Waals surface area contributed by atoms with E-state index in [4.69, 9.17) is 4.74 Å². The van der Waals surface area contributed by atoms with Crippen molar-refractivity contribution in [3.8, 4) is 0 Å². The summed E-state index contributed by atoms with van der Waals surface area (Å²) < 4.78 is 57.7. The van der Waals surface area contributed by atoms with Crippen molar-refractivity contribution in [2.75, 3.05) is 47.5 Å². The molecule has 3 heterocycles. The number of hydrogen-bond donors (Lipinski definition) is 1. The van der Waals surface area contributed by atoms with Crippen molar-refractivity contribution in [1.82, 2.24) is 5.32 Å². The monoisotopic (exact) mass is 457 g/mol. The fourth-order valence-corrected chi connectivity index (χ4v) is 6.33. The number of nitrogens with one attached hydrogen (secondary N) is 1. The van der Waals surface area contributed by atoms with E-state index in [2.05, 4.69) is 5.32 Å². The number of nitrogens with zero attached hydrogens (tertiary/aromatic N) is 2. The lowest BCUT2D eigenvalue weighted by atomic mass is 9.86. The molecule has 4 rings (SSSR count). The van der Waals surface area contributed by atoms with Gasteiger partial charge >= 0.3 is 6.09 Å². The Bertz CT molecular complexity index is 960. The van der Waals surface area contributed by atoms with E-state index in [0.717, 1.165) is 17.0 Å². The summed E-state index contributed by atoms with van der Waals surface area (Å²) in [6.45, 7) is 2.43. The summed E-state index contributed by atoms with van der Waals surface area (Å²) in [6.07, 6.45) is 0.0449. The zero-order chi connectivity index (χ0) is 22.3. The van der Waals surface area contributed by atoms with Crippen LogP contribution in [0.4, 0.5) is 25.0 Å². The Morgan fingerprint density at radius 1 is 1.16 bits per heavy atom. The first-order valence-electron chi connectivity index (χ1n) is 10.3. The summed E-state index contributed by atoms with van der Waals surface area (Å²) in [5.74, 6) is -0.969. The van der Waals surface area contributed by atoms with Crippen LogP contribution < -0.4 is 15.1 Å². The Morgan fingerprint density at radius 3 is 2.32 bits per heavy atom. The van der Waals surface area contributed by atoms with Crippen molar-refractivity contribution < 1.29 is 31.5 Å². The van der Waals surface area contributed by atoms with Gasteiger partial charge in [0.25, 0.3) is 0 Å². The molecule has 0 aliphatic carbocycles. The predicted molar refractivity (Wildman–Crippen MR) is 110 cm³/mol. The number of sulfone groups is 1. The third-order valence-corrected chi connectivity index (χ3v) is 8.10. The van der Waals surface area contributed by atoms with Gasteiger partial charge < -0.3 is 15.0 Å². The summed E-state index contributed by atoms with van der Waals surface area (Å²) in [4.78, 5) is 25.9. The number of rotatable bonds is 5. The Kier molecular flexibility index (Phi) is 5.80. The second kappa shape index (κ2) is 8.25. The number of cyclic esters (lactones) is 1. The smallest absolute Gasteiger partial charge is 0.414 e. The van der Waals surface area contributed by atoms with E-state index in [1.165, 1.54) is 6.92 Å². The summed E-state index contributed by atoms with van der Waals surface area (Å²) in [6, 6.07) is 2.23. The van der Waals surface area contributed by atoms with Crippen LogP contribution in [-0.4, -0.2) is 64.2 Å². The van der Waals surface area contributed by atoms with E-state index < -0.39 is 33.7 Å². The number of ether oxygens (including phenoxy) is 1. The van der Waals surface area contributed by atoms with Crippen molar-refractivity contribution in [1.29, 1.82) is 0 Å². The number of halogens is 2. The van der Waals surface area contributed by atoms with Gasteiger partial charge in [-0.25, -0.2) is 22.0 Å².